The second-order valence-corrected chi connectivity index (χ2v) is 6.51. The molecule has 0 aliphatic rings. The van der Waals surface area contributed by atoms with Crippen LogP contribution in [0.15, 0.2) is 10.2 Å². The molecule has 1 heterocycles. The lowest BCUT2D eigenvalue weighted by atomic mass is 9.84. The maximum Gasteiger partial charge on any atom is 0.304 e. The summed E-state index contributed by atoms with van der Waals surface area (Å²) in [5, 5.41) is 5.20. The molecule has 0 aliphatic carbocycles. The Balaban J connectivity index is 2.31. The van der Waals surface area contributed by atoms with Crippen molar-refractivity contribution in [3.05, 3.63) is 20.7 Å². The third kappa shape index (κ3) is 6.00. The predicted molar refractivity (Wildman–Crippen MR) is 73.3 cm³/mol. The molecule has 1 aromatic rings. The topological polar surface area (TPSA) is 70.9 Å². The lowest BCUT2D eigenvalue weighted by molar-refractivity contribution is 0.289. The molecular weight excluding hydrogens is 234 g/mol. The second kappa shape index (κ2) is 6.33. The molecule has 0 saturated carbocycles. The zero-order chi connectivity index (χ0) is 12.9. The van der Waals surface area contributed by atoms with Gasteiger partial charge in [-0.05, 0) is 30.8 Å². The van der Waals surface area contributed by atoms with E-state index in [0.29, 0.717) is 24.4 Å². The minimum absolute atomic E-state index is 0.00636. The van der Waals surface area contributed by atoms with Crippen LogP contribution >= 0.6 is 11.3 Å². The first-order valence-corrected chi connectivity index (χ1v) is 6.86. The Hall–Kier alpha value is -0.650. The van der Waals surface area contributed by atoms with Crippen molar-refractivity contribution < 1.29 is 0 Å². The third-order valence-corrected chi connectivity index (χ3v) is 3.27. The van der Waals surface area contributed by atoms with Crippen LogP contribution < -0.4 is 15.9 Å². The second-order valence-electron chi connectivity index (χ2n) is 5.67. The van der Waals surface area contributed by atoms with Crippen LogP contribution in [-0.2, 0) is 6.54 Å². The molecule has 0 saturated heterocycles. The summed E-state index contributed by atoms with van der Waals surface area (Å²) in [5.41, 5.74) is 7.03. The van der Waals surface area contributed by atoms with Gasteiger partial charge in [0.05, 0.1) is 0 Å². The van der Waals surface area contributed by atoms with Crippen molar-refractivity contribution in [3.8, 4) is 0 Å². The number of rotatable bonds is 6. The molecule has 4 N–H and O–H groups in total. The summed E-state index contributed by atoms with van der Waals surface area (Å²) in [6.45, 7) is 8.99. The van der Waals surface area contributed by atoms with Gasteiger partial charge in [0.2, 0.25) is 0 Å². The first-order chi connectivity index (χ1) is 7.90. The van der Waals surface area contributed by atoms with Gasteiger partial charge in [-0.2, -0.15) is 0 Å². The van der Waals surface area contributed by atoms with E-state index in [1.807, 2.05) is 5.38 Å². The molecule has 17 heavy (non-hydrogen) atoms. The predicted octanol–water partition coefficient (Wildman–Crippen LogP) is 1.54. The normalized spacial score (nSPS) is 13.9. The first kappa shape index (κ1) is 14.4. The molecule has 0 bridgehead atoms. The van der Waals surface area contributed by atoms with Crippen molar-refractivity contribution in [1.29, 1.82) is 0 Å². The minimum Gasteiger partial charge on any atom is -0.330 e. The number of hydrogen-bond donors (Lipinski definition) is 3. The van der Waals surface area contributed by atoms with E-state index in [1.54, 1.807) is 0 Å². The number of aromatic nitrogens is 1. The molecule has 4 nitrogen and oxygen atoms in total. The highest BCUT2D eigenvalue weighted by molar-refractivity contribution is 7.07. The molecule has 98 valence electrons. The van der Waals surface area contributed by atoms with Crippen molar-refractivity contribution in [3.63, 3.8) is 0 Å². The maximum atomic E-state index is 10.9. The van der Waals surface area contributed by atoms with Gasteiger partial charge in [0, 0.05) is 17.6 Å². The van der Waals surface area contributed by atoms with E-state index in [0.717, 1.165) is 18.7 Å². The summed E-state index contributed by atoms with van der Waals surface area (Å²) in [6, 6.07) is 0. The highest BCUT2D eigenvalue weighted by Gasteiger charge is 2.17. The van der Waals surface area contributed by atoms with Gasteiger partial charge >= 0.3 is 4.87 Å². The Morgan fingerprint density at radius 1 is 1.53 bits per heavy atom. The Bertz CT molecular complexity index is 378. The van der Waals surface area contributed by atoms with Crippen LogP contribution in [-0.4, -0.2) is 18.1 Å². The average Bonchev–Trinajstić information content (AvgIpc) is 2.61. The Labute approximate surface area is 107 Å². The number of aromatic amines is 1. The molecule has 0 aromatic carbocycles. The van der Waals surface area contributed by atoms with E-state index < -0.39 is 0 Å². The van der Waals surface area contributed by atoms with E-state index in [1.165, 1.54) is 11.3 Å². The highest BCUT2D eigenvalue weighted by Crippen LogP contribution is 2.23. The molecule has 1 atom stereocenters. The summed E-state index contributed by atoms with van der Waals surface area (Å²) in [6.07, 6.45) is 1.11. The molecule has 0 fully saturated rings. The summed E-state index contributed by atoms with van der Waals surface area (Å²) in [5.74, 6) is 0.486. The minimum atomic E-state index is 0.00636. The molecule has 1 rings (SSSR count). The van der Waals surface area contributed by atoms with Gasteiger partial charge in [0.1, 0.15) is 0 Å². The zero-order valence-electron chi connectivity index (χ0n) is 10.9. The van der Waals surface area contributed by atoms with Crippen molar-refractivity contribution in [2.45, 2.75) is 33.7 Å². The van der Waals surface area contributed by atoms with Crippen molar-refractivity contribution in [2.24, 2.45) is 17.1 Å². The third-order valence-electron chi connectivity index (χ3n) is 2.55. The summed E-state index contributed by atoms with van der Waals surface area (Å²) >= 11 is 1.20. The van der Waals surface area contributed by atoms with Gasteiger partial charge in [0.25, 0.3) is 0 Å². The molecule has 0 radical (unpaired) electrons. The SMILES string of the molecule is CC(C)(C)CC(CN)CNCc1csc(=O)[nH]1. The van der Waals surface area contributed by atoms with Crippen molar-refractivity contribution >= 4 is 11.3 Å². The quantitative estimate of drug-likeness (QED) is 0.724. The molecule has 0 aliphatic heterocycles. The number of nitrogens with one attached hydrogen (secondary N) is 2. The largest absolute Gasteiger partial charge is 0.330 e. The molecule has 1 unspecified atom stereocenters. The van der Waals surface area contributed by atoms with Crippen LogP contribution in [0, 0.1) is 11.3 Å². The Kier molecular flexibility index (Phi) is 5.36. The van der Waals surface area contributed by atoms with E-state index in [2.05, 4.69) is 31.1 Å². The lowest BCUT2D eigenvalue weighted by Crippen LogP contribution is -2.31. The molecule has 5 heteroatoms. The number of hydrogen-bond acceptors (Lipinski definition) is 4. The lowest BCUT2D eigenvalue weighted by Gasteiger charge is -2.25. The van der Waals surface area contributed by atoms with Crippen LogP contribution in [0.4, 0.5) is 0 Å². The van der Waals surface area contributed by atoms with Gasteiger partial charge in [-0.1, -0.05) is 32.1 Å². The van der Waals surface area contributed by atoms with Crippen molar-refractivity contribution in [1.82, 2.24) is 10.3 Å². The summed E-state index contributed by atoms with van der Waals surface area (Å²) in [4.78, 5) is 13.7. The van der Waals surface area contributed by atoms with Gasteiger partial charge in [0.15, 0.2) is 0 Å². The molecule has 0 amide bonds. The fourth-order valence-corrected chi connectivity index (χ4v) is 2.50. The van der Waals surface area contributed by atoms with E-state index >= 15 is 0 Å². The van der Waals surface area contributed by atoms with E-state index in [9.17, 15) is 4.79 Å². The van der Waals surface area contributed by atoms with Gasteiger partial charge in [-0.15, -0.1) is 0 Å². The van der Waals surface area contributed by atoms with E-state index in [-0.39, 0.29) is 4.87 Å². The number of H-pyrrole nitrogens is 1. The average molecular weight is 257 g/mol. The zero-order valence-corrected chi connectivity index (χ0v) is 11.7. The van der Waals surface area contributed by atoms with E-state index in [4.69, 9.17) is 5.73 Å². The van der Waals surface area contributed by atoms with Gasteiger partial charge in [-0.3, -0.25) is 4.79 Å². The number of thiazole rings is 1. The van der Waals surface area contributed by atoms with Crippen LogP contribution in [0.2, 0.25) is 0 Å². The highest BCUT2D eigenvalue weighted by atomic mass is 32.1. The standard InChI is InChI=1S/C12H23N3OS/c1-12(2,3)4-9(5-13)6-14-7-10-8-17-11(16)15-10/h8-9,14H,4-7,13H2,1-3H3,(H,15,16). The molecule has 0 spiro atoms. The van der Waals surface area contributed by atoms with Crippen LogP contribution in [0.1, 0.15) is 32.9 Å². The maximum absolute atomic E-state index is 10.9. The summed E-state index contributed by atoms with van der Waals surface area (Å²) < 4.78 is 0. The first-order valence-electron chi connectivity index (χ1n) is 5.98. The Morgan fingerprint density at radius 3 is 2.71 bits per heavy atom. The summed E-state index contributed by atoms with van der Waals surface area (Å²) in [7, 11) is 0. The van der Waals surface area contributed by atoms with Gasteiger partial charge in [-0.25, -0.2) is 0 Å². The van der Waals surface area contributed by atoms with Crippen molar-refractivity contribution in [2.75, 3.05) is 13.1 Å². The fraction of sp³-hybridized carbons (Fsp3) is 0.750. The monoisotopic (exact) mass is 257 g/mol. The van der Waals surface area contributed by atoms with Crippen LogP contribution in [0.25, 0.3) is 0 Å². The van der Waals surface area contributed by atoms with Gasteiger partial charge < -0.3 is 16.0 Å². The smallest absolute Gasteiger partial charge is 0.304 e. The Morgan fingerprint density at radius 2 is 2.24 bits per heavy atom. The molecule has 1 aromatic heterocycles. The number of nitrogens with two attached hydrogens (primary N) is 1. The van der Waals surface area contributed by atoms with Crippen LogP contribution in [0.5, 0.6) is 0 Å². The molecular formula is C12H23N3OS. The van der Waals surface area contributed by atoms with Crippen LogP contribution in [0.3, 0.4) is 0 Å². The fourth-order valence-electron chi connectivity index (χ4n) is 1.92.